The number of nitrogens with one attached hydrogen (secondary N) is 1. The molecule has 1 aromatic heterocycles. The van der Waals surface area contributed by atoms with E-state index in [-0.39, 0.29) is 11.6 Å². The van der Waals surface area contributed by atoms with Gasteiger partial charge in [-0.1, -0.05) is 24.3 Å². The minimum Gasteiger partial charge on any atom is -0.324 e. The van der Waals surface area contributed by atoms with Crippen LogP contribution in [0.15, 0.2) is 60.7 Å². The number of fused-ring (bicyclic) bond motifs is 1. The van der Waals surface area contributed by atoms with Gasteiger partial charge in [0.1, 0.15) is 0 Å². The van der Waals surface area contributed by atoms with Crippen LogP contribution >= 0.6 is 0 Å². The van der Waals surface area contributed by atoms with Crippen molar-refractivity contribution in [3.05, 3.63) is 77.5 Å². The monoisotopic (exact) mass is 341 g/mol. The lowest BCUT2D eigenvalue weighted by atomic mass is 10.2. The van der Waals surface area contributed by atoms with Crippen molar-refractivity contribution in [2.24, 2.45) is 0 Å². The van der Waals surface area contributed by atoms with Gasteiger partial charge in [0.2, 0.25) is 0 Å². The zero-order valence-corrected chi connectivity index (χ0v) is 13.9. The number of nitriles is 1. The van der Waals surface area contributed by atoms with Gasteiger partial charge in [0.15, 0.2) is 11.5 Å². The number of hydrogen-bond acceptors (Lipinski definition) is 5. The number of anilines is 3. The summed E-state index contributed by atoms with van der Waals surface area (Å²) in [7, 11) is 0. The van der Waals surface area contributed by atoms with Crippen molar-refractivity contribution in [3.63, 3.8) is 0 Å². The third-order valence-corrected chi connectivity index (χ3v) is 4.30. The Labute approximate surface area is 150 Å². The van der Waals surface area contributed by atoms with E-state index in [2.05, 4.69) is 32.5 Å². The molecule has 0 saturated carbocycles. The Bertz CT molecular complexity index is 1010. The molecule has 1 aliphatic rings. The van der Waals surface area contributed by atoms with Gasteiger partial charge in [0, 0.05) is 17.9 Å². The van der Waals surface area contributed by atoms with Crippen molar-refractivity contribution >= 4 is 23.1 Å². The van der Waals surface area contributed by atoms with Gasteiger partial charge in [0.25, 0.3) is 5.91 Å². The topological polar surface area (TPSA) is 81.9 Å². The summed E-state index contributed by atoms with van der Waals surface area (Å²) in [6.45, 7) is 0.848. The van der Waals surface area contributed by atoms with Crippen molar-refractivity contribution in [1.29, 1.82) is 5.26 Å². The number of carbonyl (C=O) groups is 1. The maximum atomic E-state index is 12.3. The summed E-state index contributed by atoms with van der Waals surface area (Å²) in [5, 5.41) is 19.9. The average Bonchev–Trinajstić information content (AvgIpc) is 3.12. The molecule has 0 unspecified atom stereocenters. The summed E-state index contributed by atoms with van der Waals surface area (Å²) in [6.07, 6.45) is 0.968. The highest BCUT2D eigenvalue weighted by Crippen LogP contribution is 2.32. The molecule has 0 aliphatic carbocycles. The molecule has 0 spiro atoms. The number of amides is 1. The lowest BCUT2D eigenvalue weighted by molar-refractivity contribution is 0.102. The van der Waals surface area contributed by atoms with Gasteiger partial charge in [-0.15, -0.1) is 10.2 Å². The maximum absolute atomic E-state index is 12.3. The van der Waals surface area contributed by atoms with Gasteiger partial charge >= 0.3 is 0 Å². The molecule has 1 N–H and O–H groups in total. The fourth-order valence-corrected chi connectivity index (χ4v) is 3.03. The molecule has 3 aromatic rings. The molecule has 126 valence electrons. The van der Waals surface area contributed by atoms with Crippen LogP contribution in [0.4, 0.5) is 17.2 Å². The number of nitrogens with zero attached hydrogens (tertiary/aromatic N) is 4. The molecule has 0 atom stereocenters. The number of carbonyl (C=O) groups excluding carboxylic acids is 1. The van der Waals surface area contributed by atoms with E-state index >= 15 is 0 Å². The molecule has 2 aromatic carbocycles. The molecule has 0 radical (unpaired) electrons. The standard InChI is InChI=1S/C20H15N5O/c21-13-14-4-3-6-16(12-14)22-20(26)17-8-9-19(24-23-17)25-11-10-15-5-1-2-7-18(15)25/h1-9,12H,10-11H2,(H,22,26). The Balaban J connectivity index is 1.51. The first kappa shape index (κ1) is 15.8. The summed E-state index contributed by atoms with van der Waals surface area (Å²) in [5.41, 5.74) is 3.68. The van der Waals surface area contributed by atoms with Crippen molar-refractivity contribution in [2.75, 3.05) is 16.8 Å². The molecule has 6 nitrogen and oxygen atoms in total. The number of para-hydroxylation sites is 1. The zero-order valence-electron chi connectivity index (χ0n) is 13.9. The molecule has 0 saturated heterocycles. The van der Waals surface area contributed by atoms with Crippen LogP contribution < -0.4 is 10.2 Å². The lowest BCUT2D eigenvalue weighted by Crippen LogP contribution is -2.18. The first-order valence-electron chi connectivity index (χ1n) is 8.25. The van der Waals surface area contributed by atoms with Gasteiger partial charge in [-0.05, 0) is 48.4 Å². The molecule has 6 heteroatoms. The van der Waals surface area contributed by atoms with Crippen LogP contribution in [0.25, 0.3) is 0 Å². The van der Waals surface area contributed by atoms with E-state index in [1.54, 1.807) is 36.4 Å². The van der Waals surface area contributed by atoms with E-state index < -0.39 is 0 Å². The Morgan fingerprint density at radius 3 is 2.77 bits per heavy atom. The predicted molar refractivity (Wildman–Crippen MR) is 98.3 cm³/mol. The summed E-state index contributed by atoms with van der Waals surface area (Å²) in [5.74, 6) is 0.360. The third kappa shape index (κ3) is 2.98. The predicted octanol–water partition coefficient (Wildman–Crippen LogP) is 3.29. The highest BCUT2D eigenvalue weighted by atomic mass is 16.1. The van der Waals surface area contributed by atoms with E-state index in [1.165, 1.54) is 5.56 Å². The maximum Gasteiger partial charge on any atom is 0.276 e. The highest BCUT2D eigenvalue weighted by Gasteiger charge is 2.21. The smallest absolute Gasteiger partial charge is 0.276 e. The molecular formula is C20H15N5O. The van der Waals surface area contributed by atoms with Gasteiger partial charge in [-0.3, -0.25) is 4.79 Å². The fraction of sp³-hybridized carbons (Fsp3) is 0.100. The third-order valence-electron chi connectivity index (χ3n) is 4.30. The van der Waals surface area contributed by atoms with Gasteiger partial charge in [-0.2, -0.15) is 5.26 Å². The first-order chi connectivity index (χ1) is 12.7. The average molecular weight is 341 g/mol. The van der Waals surface area contributed by atoms with Crippen LogP contribution in [-0.2, 0) is 6.42 Å². The molecule has 0 bridgehead atoms. The van der Waals surface area contributed by atoms with Crippen LogP contribution in [0.3, 0.4) is 0 Å². The van der Waals surface area contributed by atoms with Gasteiger partial charge in [-0.25, -0.2) is 0 Å². The van der Waals surface area contributed by atoms with Crippen LogP contribution in [0.2, 0.25) is 0 Å². The summed E-state index contributed by atoms with van der Waals surface area (Å²) in [4.78, 5) is 14.4. The van der Waals surface area contributed by atoms with Crippen LogP contribution in [-0.4, -0.2) is 22.6 Å². The Kier molecular flexibility index (Phi) is 4.04. The second-order valence-corrected chi connectivity index (χ2v) is 5.95. The minimum atomic E-state index is -0.360. The quantitative estimate of drug-likeness (QED) is 0.790. The number of rotatable bonds is 3. The molecule has 4 rings (SSSR count). The second kappa shape index (κ2) is 6.65. The van der Waals surface area contributed by atoms with Crippen molar-refractivity contribution in [2.45, 2.75) is 6.42 Å². The summed E-state index contributed by atoms with van der Waals surface area (Å²) < 4.78 is 0. The summed E-state index contributed by atoms with van der Waals surface area (Å²) >= 11 is 0. The Hall–Kier alpha value is -3.72. The minimum absolute atomic E-state index is 0.226. The molecular weight excluding hydrogens is 326 g/mol. The lowest BCUT2D eigenvalue weighted by Gasteiger charge is -2.17. The molecule has 2 heterocycles. The van der Waals surface area contributed by atoms with E-state index in [1.807, 2.05) is 18.2 Å². The molecule has 26 heavy (non-hydrogen) atoms. The van der Waals surface area contributed by atoms with E-state index in [9.17, 15) is 4.79 Å². The highest BCUT2D eigenvalue weighted by molar-refractivity contribution is 6.02. The van der Waals surface area contributed by atoms with Gasteiger partial charge < -0.3 is 10.2 Å². The Morgan fingerprint density at radius 1 is 1.08 bits per heavy atom. The fourth-order valence-electron chi connectivity index (χ4n) is 3.03. The Morgan fingerprint density at radius 2 is 1.96 bits per heavy atom. The molecule has 1 aliphatic heterocycles. The van der Waals surface area contributed by atoms with E-state index in [0.717, 1.165) is 24.5 Å². The number of hydrogen-bond donors (Lipinski definition) is 1. The second-order valence-electron chi connectivity index (χ2n) is 5.95. The first-order valence-corrected chi connectivity index (χ1v) is 8.25. The molecule has 0 fully saturated rings. The summed E-state index contributed by atoms with van der Waals surface area (Å²) in [6, 6.07) is 20.4. The van der Waals surface area contributed by atoms with Crippen LogP contribution in [0.1, 0.15) is 21.6 Å². The molecule has 1 amide bonds. The van der Waals surface area contributed by atoms with Gasteiger partial charge in [0.05, 0.1) is 11.6 Å². The normalized spacial score (nSPS) is 12.3. The zero-order chi connectivity index (χ0) is 17.9. The SMILES string of the molecule is N#Cc1cccc(NC(=O)c2ccc(N3CCc4ccccc43)nn2)c1. The van der Waals surface area contributed by atoms with Crippen molar-refractivity contribution in [3.8, 4) is 6.07 Å². The van der Waals surface area contributed by atoms with Crippen molar-refractivity contribution in [1.82, 2.24) is 10.2 Å². The van der Waals surface area contributed by atoms with E-state index in [0.29, 0.717) is 11.3 Å². The van der Waals surface area contributed by atoms with E-state index in [4.69, 9.17) is 5.26 Å². The number of aromatic nitrogens is 2. The van der Waals surface area contributed by atoms with Crippen LogP contribution in [0.5, 0.6) is 0 Å². The largest absolute Gasteiger partial charge is 0.324 e. The number of benzene rings is 2. The van der Waals surface area contributed by atoms with Crippen LogP contribution in [0, 0.1) is 11.3 Å². The van der Waals surface area contributed by atoms with Crippen molar-refractivity contribution < 1.29 is 4.79 Å².